The monoisotopic (exact) mass is 115 g/mol. The molecule has 7 heavy (non-hydrogen) atoms. The van der Waals surface area contributed by atoms with Crippen LogP contribution < -0.4 is 0 Å². The van der Waals surface area contributed by atoms with E-state index in [2.05, 4.69) is 27.7 Å². The van der Waals surface area contributed by atoms with Gasteiger partial charge in [0.05, 0.1) is 0 Å². The molecule has 0 heterocycles. The van der Waals surface area contributed by atoms with Crippen molar-refractivity contribution in [3.63, 3.8) is 0 Å². The number of hydrogen-bond donors (Lipinski definition) is 0. The predicted octanol–water partition coefficient (Wildman–Crippen LogP) is 0.929. The van der Waals surface area contributed by atoms with E-state index in [9.17, 15) is 0 Å². The Hall–Kier alpha value is 0.532. The first-order valence-electron chi connectivity index (χ1n) is 2.47. The van der Waals surface area contributed by atoms with Crippen molar-refractivity contribution < 1.29 is 0 Å². The summed E-state index contributed by atoms with van der Waals surface area (Å²) >= 11 is 0. The zero-order chi connectivity index (χ0) is 5.15. The minimum Gasteiger partial charge on any atom is -0.0625 e. The van der Waals surface area contributed by atoms with E-state index in [0.717, 1.165) is 5.92 Å². The Morgan fingerprint density at radius 3 is 1.29 bits per heavy atom. The topological polar surface area (TPSA) is 0 Å². The summed E-state index contributed by atoms with van der Waals surface area (Å²) in [7, 11) is 0. The molecule has 0 saturated heterocycles. The summed E-state index contributed by atoms with van der Waals surface area (Å²) in [6.45, 7) is 10.3. The molecule has 1 unspecified atom stereocenters. The fourth-order valence-electron chi connectivity index (χ4n) is 0. The number of hydrogen-bond acceptors (Lipinski definition) is 0. The molecule has 1 radical (unpaired) electrons. The molecule has 0 fully saturated rings. The second-order valence-electron chi connectivity index (χ2n) is 2.22. The largest absolute Gasteiger partial charge is 0.187 e. The van der Waals surface area contributed by atoms with E-state index in [1.165, 1.54) is 0 Å². The summed E-state index contributed by atoms with van der Waals surface area (Å²) in [6.07, 6.45) is 0. The molecule has 0 N–H and O–H groups in total. The molecule has 0 amide bonds. The average molecular weight is 115 g/mol. The van der Waals surface area contributed by atoms with Crippen molar-refractivity contribution in [2.45, 2.75) is 20.8 Å². The Balaban J connectivity index is 0. The first-order valence-corrected chi connectivity index (χ1v) is 2.47. The summed E-state index contributed by atoms with van der Waals surface area (Å²) in [5.74, 6) is 1.34. The van der Waals surface area contributed by atoms with Crippen LogP contribution in [0.3, 0.4) is 0 Å². The summed E-state index contributed by atoms with van der Waals surface area (Å²) in [5, 5.41) is 0. The van der Waals surface area contributed by atoms with Gasteiger partial charge < -0.3 is 0 Å². The molecule has 43 valence electrons. The molecular formula is C6H16Al. The Labute approximate surface area is 57.4 Å². The Kier molecular flexibility index (Phi) is 7.03. The molecule has 0 aliphatic carbocycles. The van der Waals surface area contributed by atoms with E-state index < -0.39 is 0 Å². The lowest BCUT2D eigenvalue weighted by molar-refractivity contribution is 0.501. The highest BCUT2D eigenvalue weighted by atomic mass is 27.0. The molecule has 0 spiro atoms. The van der Waals surface area contributed by atoms with Crippen molar-refractivity contribution in [2.75, 3.05) is 0 Å². The van der Waals surface area contributed by atoms with Gasteiger partial charge in [-0.2, -0.15) is 0 Å². The lowest BCUT2D eigenvalue weighted by Crippen LogP contribution is -1.96. The highest BCUT2D eigenvalue weighted by molar-refractivity contribution is 5.75. The van der Waals surface area contributed by atoms with Crippen LogP contribution in [0.1, 0.15) is 20.8 Å². The molecule has 0 bridgehead atoms. The summed E-state index contributed by atoms with van der Waals surface area (Å²) in [4.78, 5) is 0. The summed E-state index contributed by atoms with van der Waals surface area (Å²) in [5.41, 5.74) is 0. The molecule has 0 aliphatic heterocycles. The van der Waals surface area contributed by atoms with Crippen molar-refractivity contribution in [3.05, 3.63) is 6.92 Å². The molecule has 0 rings (SSSR count). The molecule has 1 atom stereocenters. The number of rotatable bonds is 1. The van der Waals surface area contributed by atoms with Gasteiger partial charge in [0, 0.05) is 0 Å². The highest BCUT2D eigenvalue weighted by Gasteiger charge is 1.95. The van der Waals surface area contributed by atoms with Gasteiger partial charge in [0.15, 0.2) is 17.4 Å². The van der Waals surface area contributed by atoms with Crippen molar-refractivity contribution >= 4 is 17.4 Å². The van der Waals surface area contributed by atoms with Crippen LogP contribution in [0, 0.1) is 18.8 Å². The Bertz CT molecular complexity index is 25.2. The van der Waals surface area contributed by atoms with Crippen LogP contribution in [0.25, 0.3) is 0 Å². The van der Waals surface area contributed by atoms with Crippen LogP contribution in [-0.2, 0) is 0 Å². The fraction of sp³-hybridized carbons (Fsp3) is 0.833. The van der Waals surface area contributed by atoms with Crippen molar-refractivity contribution in [3.8, 4) is 0 Å². The Morgan fingerprint density at radius 1 is 1.14 bits per heavy atom. The van der Waals surface area contributed by atoms with E-state index >= 15 is 0 Å². The summed E-state index contributed by atoms with van der Waals surface area (Å²) in [6, 6.07) is 0. The molecule has 0 aromatic carbocycles. The van der Waals surface area contributed by atoms with E-state index in [-0.39, 0.29) is 17.4 Å². The van der Waals surface area contributed by atoms with Gasteiger partial charge in [-0.15, -0.1) is 0 Å². The molecule has 0 aliphatic rings. The smallest absolute Gasteiger partial charge is 0.0625 e. The van der Waals surface area contributed by atoms with Crippen molar-refractivity contribution in [2.24, 2.45) is 11.8 Å². The zero-order valence-corrected chi connectivity index (χ0v) is 4.86. The molecule has 0 saturated carbocycles. The van der Waals surface area contributed by atoms with Crippen molar-refractivity contribution in [1.82, 2.24) is 0 Å². The van der Waals surface area contributed by atoms with Crippen LogP contribution in [0.5, 0.6) is 0 Å². The standard InChI is InChI=1S/C6H13.Al.3H/c1-5(2)6(3)4;;;;/h5-6H,1H2,2-4H3;;;;. The normalized spacial score (nSPS) is 9.43. The van der Waals surface area contributed by atoms with Gasteiger partial charge in [0.1, 0.15) is 0 Å². The lowest BCUT2D eigenvalue weighted by atomic mass is 10.0. The van der Waals surface area contributed by atoms with Crippen molar-refractivity contribution in [1.29, 1.82) is 0 Å². The first-order chi connectivity index (χ1) is 2.64. The third kappa shape index (κ3) is 6.53. The first kappa shape index (κ1) is 10.5. The second kappa shape index (κ2) is 4.69. The predicted molar refractivity (Wildman–Crippen MR) is 39.3 cm³/mol. The summed E-state index contributed by atoms with van der Waals surface area (Å²) < 4.78 is 0. The van der Waals surface area contributed by atoms with Gasteiger partial charge in [-0.1, -0.05) is 27.7 Å². The highest BCUT2D eigenvalue weighted by Crippen LogP contribution is 2.05. The fourth-order valence-corrected chi connectivity index (χ4v) is 0. The van der Waals surface area contributed by atoms with Gasteiger partial charge in [-0.05, 0) is 11.8 Å². The molecular weight excluding hydrogens is 99.0 g/mol. The van der Waals surface area contributed by atoms with Gasteiger partial charge in [0.2, 0.25) is 0 Å². The minimum atomic E-state index is 0. The Morgan fingerprint density at radius 2 is 1.29 bits per heavy atom. The van der Waals surface area contributed by atoms with E-state index in [1.807, 2.05) is 0 Å². The van der Waals surface area contributed by atoms with Crippen LogP contribution in [0.15, 0.2) is 0 Å². The van der Waals surface area contributed by atoms with Crippen LogP contribution in [-0.4, -0.2) is 17.4 Å². The van der Waals surface area contributed by atoms with E-state index in [0.29, 0.717) is 5.92 Å². The third-order valence-electron chi connectivity index (χ3n) is 1.14. The van der Waals surface area contributed by atoms with Gasteiger partial charge >= 0.3 is 0 Å². The third-order valence-corrected chi connectivity index (χ3v) is 1.14. The maximum atomic E-state index is 3.84. The zero-order valence-electron chi connectivity index (χ0n) is 4.86. The average Bonchev–Trinajstić information content (AvgIpc) is 1.36. The molecule has 0 aromatic heterocycles. The van der Waals surface area contributed by atoms with Crippen LogP contribution in [0.4, 0.5) is 0 Å². The maximum absolute atomic E-state index is 3.84. The van der Waals surface area contributed by atoms with Crippen LogP contribution in [0.2, 0.25) is 0 Å². The SMILES string of the molecule is [AlH3].[CH2]C(C)C(C)C. The van der Waals surface area contributed by atoms with Gasteiger partial charge in [-0.25, -0.2) is 0 Å². The van der Waals surface area contributed by atoms with E-state index in [4.69, 9.17) is 0 Å². The van der Waals surface area contributed by atoms with Gasteiger partial charge in [-0.3, -0.25) is 0 Å². The quantitative estimate of drug-likeness (QED) is 0.446. The van der Waals surface area contributed by atoms with Crippen LogP contribution >= 0.6 is 0 Å². The van der Waals surface area contributed by atoms with Gasteiger partial charge in [0.25, 0.3) is 0 Å². The molecule has 1 heteroatoms. The molecule has 0 nitrogen and oxygen atoms in total. The lowest BCUT2D eigenvalue weighted by Gasteiger charge is -2.05. The second-order valence-corrected chi connectivity index (χ2v) is 2.22. The van der Waals surface area contributed by atoms with E-state index in [1.54, 1.807) is 0 Å². The minimum absolute atomic E-state index is 0. The molecule has 0 aromatic rings. The maximum Gasteiger partial charge on any atom is 0.187 e.